The number of ether oxygens (including phenoxy) is 1. The molecule has 1 unspecified atom stereocenters. The molecule has 5 heteroatoms. The van der Waals surface area contributed by atoms with Crippen LogP contribution in [0.2, 0.25) is 0 Å². The zero-order valence-corrected chi connectivity index (χ0v) is 17.5. The van der Waals surface area contributed by atoms with E-state index in [0.717, 1.165) is 58.0 Å². The van der Waals surface area contributed by atoms with Crippen LogP contribution in [0.15, 0.2) is 24.3 Å². The van der Waals surface area contributed by atoms with Crippen LogP contribution in [0, 0.1) is 11.8 Å². The van der Waals surface area contributed by atoms with Crippen molar-refractivity contribution in [1.29, 1.82) is 0 Å². The number of aliphatic carboxylic acids is 1. The molecule has 0 radical (unpaired) electrons. The number of unbranched alkanes of at least 4 members (excludes halogenated alkanes) is 5. The minimum atomic E-state index is -0.753. The average Bonchev–Trinajstić information content (AvgIpc) is 2.96. The van der Waals surface area contributed by atoms with Gasteiger partial charge in [-0.3, -0.25) is 4.79 Å². The van der Waals surface area contributed by atoms with Crippen molar-refractivity contribution in [1.82, 2.24) is 0 Å². The highest BCUT2D eigenvalue weighted by Gasteiger charge is 2.40. The fraction of sp³-hybridized carbons (Fsp3) is 0.783. The molecule has 0 saturated heterocycles. The molecule has 1 fully saturated rings. The van der Waals surface area contributed by atoms with E-state index in [9.17, 15) is 9.90 Å². The van der Waals surface area contributed by atoms with E-state index in [0.29, 0.717) is 12.8 Å². The number of aliphatic hydroxyl groups excluding tert-OH is 2. The van der Waals surface area contributed by atoms with Gasteiger partial charge in [-0.05, 0) is 50.9 Å². The van der Waals surface area contributed by atoms with Crippen molar-refractivity contribution in [3.8, 4) is 0 Å². The van der Waals surface area contributed by atoms with Crippen LogP contribution in [-0.2, 0) is 9.53 Å². The Kier molecular flexibility index (Phi) is 14.0. The van der Waals surface area contributed by atoms with Crippen molar-refractivity contribution in [3.05, 3.63) is 24.3 Å². The van der Waals surface area contributed by atoms with Crippen LogP contribution >= 0.6 is 0 Å². The lowest BCUT2D eigenvalue weighted by Gasteiger charge is -2.22. The summed E-state index contributed by atoms with van der Waals surface area (Å²) in [5.41, 5.74) is 0. The molecule has 0 spiro atoms. The number of carboxylic acid groups (broad SMARTS) is 1. The minimum Gasteiger partial charge on any atom is -0.481 e. The summed E-state index contributed by atoms with van der Waals surface area (Å²) in [6.07, 6.45) is 17.6. The van der Waals surface area contributed by atoms with Gasteiger partial charge in [0.2, 0.25) is 0 Å². The third kappa shape index (κ3) is 10.4. The Morgan fingerprint density at radius 3 is 2.54 bits per heavy atom. The van der Waals surface area contributed by atoms with Gasteiger partial charge >= 0.3 is 5.97 Å². The molecular weight excluding hydrogens is 356 g/mol. The van der Waals surface area contributed by atoms with Crippen molar-refractivity contribution in [3.63, 3.8) is 0 Å². The van der Waals surface area contributed by atoms with Gasteiger partial charge in [0.1, 0.15) is 0 Å². The predicted molar refractivity (Wildman–Crippen MR) is 112 cm³/mol. The lowest BCUT2D eigenvalue weighted by Crippen LogP contribution is -2.22. The molecule has 4 atom stereocenters. The predicted octanol–water partition coefficient (Wildman–Crippen LogP) is 4.48. The topological polar surface area (TPSA) is 87.0 Å². The molecule has 28 heavy (non-hydrogen) atoms. The van der Waals surface area contributed by atoms with Crippen LogP contribution in [0.1, 0.15) is 77.6 Å². The van der Waals surface area contributed by atoms with Crippen LogP contribution in [0.4, 0.5) is 0 Å². The first kappa shape index (κ1) is 24.9. The highest BCUT2D eigenvalue weighted by Crippen LogP contribution is 2.38. The molecule has 0 aromatic heterocycles. The van der Waals surface area contributed by atoms with Crippen LogP contribution in [0.5, 0.6) is 0 Å². The fourth-order valence-electron chi connectivity index (χ4n) is 3.85. The maximum absolute atomic E-state index is 10.6. The Morgan fingerprint density at radius 1 is 1.07 bits per heavy atom. The molecule has 1 aliphatic rings. The molecule has 1 rings (SSSR count). The molecule has 0 heterocycles. The summed E-state index contributed by atoms with van der Waals surface area (Å²) in [5, 5.41) is 28.1. The highest BCUT2D eigenvalue weighted by atomic mass is 16.5. The number of allylic oxidation sites excluding steroid dienone is 3. The average molecular weight is 397 g/mol. The van der Waals surface area contributed by atoms with Crippen LogP contribution in [0.25, 0.3) is 0 Å². The molecule has 0 aliphatic heterocycles. The number of carbonyl (C=O) groups is 1. The molecule has 1 saturated carbocycles. The summed E-state index contributed by atoms with van der Waals surface area (Å²) >= 11 is 0. The van der Waals surface area contributed by atoms with E-state index in [1.807, 2.05) is 6.08 Å². The van der Waals surface area contributed by atoms with E-state index >= 15 is 0 Å². The Labute approximate surface area is 170 Å². The van der Waals surface area contributed by atoms with Gasteiger partial charge in [0.15, 0.2) is 0 Å². The summed E-state index contributed by atoms with van der Waals surface area (Å²) in [4.78, 5) is 10.6. The molecule has 0 amide bonds. The van der Waals surface area contributed by atoms with Crippen molar-refractivity contribution < 1.29 is 24.9 Å². The van der Waals surface area contributed by atoms with Crippen molar-refractivity contribution >= 4 is 5.97 Å². The summed E-state index contributed by atoms with van der Waals surface area (Å²) < 4.78 is 6.02. The largest absolute Gasteiger partial charge is 0.481 e. The quantitative estimate of drug-likeness (QED) is 0.264. The normalized spacial score (nSPS) is 25.2. The number of hydrogen-bond acceptors (Lipinski definition) is 4. The Balaban J connectivity index is 2.52. The second-order valence-electron chi connectivity index (χ2n) is 7.80. The molecule has 5 nitrogen and oxygen atoms in total. The van der Waals surface area contributed by atoms with Crippen LogP contribution in [0.3, 0.4) is 0 Å². The number of hydrogen-bond donors (Lipinski definition) is 3. The maximum Gasteiger partial charge on any atom is 0.303 e. The smallest absolute Gasteiger partial charge is 0.303 e. The second kappa shape index (κ2) is 15.7. The summed E-state index contributed by atoms with van der Waals surface area (Å²) in [5.74, 6) is -0.372. The van der Waals surface area contributed by atoms with E-state index in [4.69, 9.17) is 14.9 Å². The first-order valence-corrected chi connectivity index (χ1v) is 11.0. The number of carboxylic acids is 1. The van der Waals surface area contributed by atoms with Crippen molar-refractivity contribution in [2.75, 3.05) is 13.2 Å². The fourth-order valence-corrected chi connectivity index (χ4v) is 3.85. The van der Waals surface area contributed by atoms with Gasteiger partial charge < -0.3 is 20.1 Å². The lowest BCUT2D eigenvalue weighted by atomic mass is 9.89. The third-order valence-electron chi connectivity index (χ3n) is 5.40. The molecule has 0 aromatic rings. The van der Waals surface area contributed by atoms with E-state index in [1.165, 1.54) is 0 Å². The minimum absolute atomic E-state index is 0.0750. The number of rotatable bonds is 16. The van der Waals surface area contributed by atoms with E-state index < -0.39 is 5.97 Å². The van der Waals surface area contributed by atoms with E-state index in [1.54, 1.807) is 0 Å². The zero-order valence-electron chi connectivity index (χ0n) is 17.5. The first-order valence-electron chi connectivity index (χ1n) is 11.0. The molecule has 0 aromatic carbocycles. The van der Waals surface area contributed by atoms with E-state index in [2.05, 4.69) is 25.2 Å². The third-order valence-corrected chi connectivity index (χ3v) is 5.40. The summed E-state index contributed by atoms with van der Waals surface area (Å²) in [6, 6.07) is 0. The van der Waals surface area contributed by atoms with E-state index in [-0.39, 0.29) is 37.1 Å². The van der Waals surface area contributed by atoms with Crippen molar-refractivity contribution in [2.45, 2.75) is 89.8 Å². The Bertz CT molecular complexity index is 460. The van der Waals surface area contributed by atoms with Gasteiger partial charge in [-0.25, -0.2) is 0 Å². The SMILES string of the molecule is CCCO[C@@H]1C[C@H](O)C(CC=CCCCC(=O)O)[C@H]1C=CCCCCCCO. The Morgan fingerprint density at radius 2 is 1.82 bits per heavy atom. The molecule has 1 aliphatic carbocycles. The van der Waals surface area contributed by atoms with Gasteiger partial charge in [-0.1, -0.05) is 44.1 Å². The first-order chi connectivity index (χ1) is 13.6. The highest BCUT2D eigenvalue weighted by molar-refractivity contribution is 5.66. The summed E-state index contributed by atoms with van der Waals surface area (Å²) in [6.45, 7) is 3.10. The van der Waals surface area contributed by atoms with Crippen LogP contribution in [-0.4, -0.2) is 46.7 Å². The van der Waals surface area contributed by atoms with Gasteiger partial charge in [-0.15, -0.1) is 0 Å². The lowest BCUT2D eigenvalue weighted by molar-refractivity contribution is -0.137. The number of aliphatic hydroxyl groups is 2. The summed E-state index contributed by atoms with van der Waals surface area (Å²) in [7, 11) is 0. The Hall–Kier alpha value is -1.17. The molecule has 3 N–H and O–H groups in total. The van der Waals surface area contributed by atoms with Crippen molar-refractivity contribution in [2.24, 2.45) is 11.8 Å². The monoisotopic (exact) mass is 396 g/mol. The molecule has 162 valence electrons. The van der Waals surface area contributed by atoms with Crippen LogP contribution < -0.4 is 0 Å². The van der Waals surface area contributed by atoms with Gasteiger partial charge in [0, 0.05) is 32.0 Å². The van der Waals surface area contributed by atoms with Gasteiger partial charge in [0.05, 0.1) is 12.2 Å². The van der Waals surface area contributed by atoms with Gasteiger partial charge in [0.25, 0.3) is 0 Å². The maximum atomic E-state index is 10.6. The molecule has 0 bridgehead atoms. The second-order valence-corrected chi connectivity index (χ2v) is 7.80. The van der Waals surface area contributed by atoms with Gasteiger partial charge in [-0.2, -0.15) is 0 Å². The zero-order chi connectivity index (χ0) is 20.6. The standard InChI is InChI=1S/C23H40O5/c1-2-17-28-22-18-21(25)19(13-9-6-7-11-15-23(26)27)20(22)14-10-5-3-4-8-12-16-24/h6,9-10,14,19-22,24-25H,2-5,7-8,11-13,15-18H2,1H3,(H,26,27)/t19?,20-,21+,22-/m1/s1. The molecular formula is C23H40O5.